The average molecular weight is 281 g/mol. The van der Waals surface area contributed by atoms with Gasteiger partial charge in [-0.15, -0.1) is 0 Å². The van der Waals surface area contributed by atoms with Crippen molar-refractivity contribution in [3.05, 3.63) is 29.8 Å². The lowest BCUT2D eigenvalue weighted by atomic mass is 10.0. The standard InChI is InChI=1S/C14H19NO3S/c1-17-7-8-18-13-5-3-2-4-11(13)14(16)12-10-19-9-6-15-12/h2-5,12,15H,6-10H2,1H3. The number of benzene rings is 1. The molecule has 1 aromatic rings. The molecule has 1 heterocycles. The van der Waals surface area contributed by atoms with E-state index in [9.17, 15) is 4.79 Å². The molecule has 0 bridgehead atoms. The molecule has 0 saturated carbocycles. The first-order valence-corrected chi connectivity index (χ1v) is 7.54. The predicted octanol–water partition coefficient (Wildman–Crippen LogP) is 1.60. The number of carbonyl (C=O) groups is 1. The predicted molar refractivity (Wildman–Crippen MR) is 77.3 cm³/mol. The maximum Gasteiger partial charge on any atom is 0.184 e. The van der Waals surface area contributed by atoms with Gasteiger partial charge in [-0.2, -0.15) is 11.8 Å². The third-order valence-electron chi connectivity index (χ3n) is 2.94. The minimum Gasteiger partial charge on any atom is -0.490 e. The first kappa shape index (κ1) is 14.4. The van der Waals surface area contributed by atoms with Crippen molar-refractivity contribution < 1.29 is 14.3 Å². The molecule has 0 amide bonds. The Balaban J connectivity index is 2.07. The van der Waals surface area contributed by atoms with E-state index >= 15 is 0 Å². The summed E-state index contributed by atoms with van der Waals surface area (Å²) in [6.45, 7) is 1.85. The van der Waals surface area contributed by atoms with Gasteiger partial charge in [0.1, 0.15) is 12.4 Å². The fourth-order valence-electron chi connectivity index (χ4n) is 1.95. The van der Waals surface area contributed by atoms with Gasteiger partial charge in [-0.25, -0.2) is 0 Å². The summed E-state index contributed by atoms with van der Waals surface area (Å²) in [6, 6.07) is 7.30. The fraction of sp³-hybridized carbons (Fsp3) is 0.500. The highest BCUT2D eigenvalue weighted by Gasteiger charge is 2.24. The van der Waals surface area contributed by atoms with Crippen LogP contribution in [-0.2, 0) is 4.74 Å². The molecule has 1 aliphatic rings. The quantitative estimate of drug-likeness (QED) is 0.634. The van der Waals surface area contributed by atoms with Crippen LogP contribution in [0.2, 0.25) is 0 Å². The number of hydrogen-bond donors (Lipinski definition) is 1. The smallest absolute Gasteiger partial charge is 0.184 e. The molecular formula is C14H19NO3S. The van der Waals surface area contributed by atoms with Crippen LogP contribution in [0.3, 0.4) is 0 Å². The van der Waals surface area contributed by atoms with Crippen molar-refractivity contribution in [2.75, 3.05) is 38.4 Å². The zero-order chi connectivity index (χ0) is 13.5. The zero-order valence-electron chi connectivity index (χ0n) is 11.1. The van der Waals surface area contributed by atoms with Gasteiger partial charge in [0.15, 0.2) is 5.78 Å². The molecule has 1 aromatic carbocycles. The van der Waals surface area contributed by atoms with Gasteiger partial charge < -0.3 is 14.8 Å². The Kier molecular flexibility index (Phi) is 5.69. The highest BCUT2D eigenvalue weighted by molar-refractivity contribution is 7.99. The van der Waals surface area contributed by atoms with Gasteiger partial charge in [0.2, 0.25) is 0 Å². The minimum atomic E-state index is -0.106. The number of ketones is 1. The summed E-state index contributed by atoms with van der Waals surface area (Å²) in [5.41, 5.74) is 0.651. The molecule has 104 valence electrons. The molecule has 0 radical (unpaired) electrons. The molecule has 1 fully saturated rings. The summed E-state index contributed by atoms with van der Waals surface area (Å²) in [7, 11) is 1.63. The van der Waals surface area contributed by atoms with Crippen LogP contribution in [0, 0.1) is 0 Å². The van der Waals surface area contributed by atoms with E-state index in [0.717, 1.165) is 18.1 Å². The van der Waals surface area contributed by atoms with E-state index in [2.05, 4.69) is 5.32 Å². The molecule has 5 heteroatoms. The number of hydrogen-bond acceptors (Lipinski definition) is 5. The van der Waals surface area contributed by atoms with Crippen LogP contribution in [0.4, 0.5) is 0 Å². The number of para-hydroxylation sites is 1. The molecular weight excluding hydrogens is 262 g/mol. The Morgan fingerprint density at radius 1 is 1.42 bits per heavy atom. The van der Waals surface area contributed by atoms with E-state index < -0.39 is 0 Å². The minimum absolute atomic E-state index is 0.106. The average Bonchev–Trinajstić information content (AvgIpc) is 2.48. The van der Waals surface area contributed by atoms with Crippen molar-refractivity contribution >= 4 is 17.5 Å². The Labute approximate surface area is 117 Å². The van der Waals surface area contributed by atoms with Crippen LogP contribution in [0.15, 0.2) is 24.3 Å². The van der Waals surface area contributed by atoms with Crippen LogP contribution in [0.5, 0.6) is 5.75 Å². The second-order valence-electron chi connectivity index (χ2n) is 4.28. The normalized spacial score (nSPS) is 19.1. The van der Waals surface area contributed by atoms with Crippen LogP contribution in [0.25, 0.3) is 0 Å². The summed E-state index contributed by atoms with van der Waals surface area (Å²) in [5, 5.41) is 3.26. The van der Waals surface area contributed by atoms with Crippen molar-refractivity contribution in [1.29, 1.82) is 0 Å². The van der Waals surface area contributed by atoms with Crippen molar-refractivity contribution in [2.45, 2.75) is 6.04 Å². The summed E-state index contributed by atoms with van der Waals surface area (Å²) >= 11 is 1.81. The van der Waals surface area contributed by atoms with Crippen molar-refractivity contribution in [3.63, 3.8) is 0 Å². The summed E-state index contributed by atoms with van der Waals surface area (Å²) < 4.78 is 10.6. The highest BCUT2D eigenvalue weighted by Crippen LogP contribution is 2.21. The third-order valence-corrected chi connectivity index (χ3v) is 4.00. The molecule has 0 aliphatic carbocycles. The van der Waals surface area contributed by atoms with Gasteiger partial charge in [0.25, 0.3) is 0 Å². The third kappa shape index (κ3) is 3.96. The Bertz CT molecular complexity index is 419. The maximum absolute atomic E-state index is 12.5. The second kappa shape index (κ2) is 7.53. The Hall–Kier alpha value is -1.04. The van der Waals surface area contributed by atoms with Gasteiger partial charge in [-0.3, -0.25) is 4.79 Å². The monoisotopic (exact) mass is 281 g/mol. The van der Waals surface area contributed by atoms with Crippen LogP contribution in [0.1, 0.15) is 10.4 Å². The van der Waals surface area contributed by atoms with Crippen LogP contribution < -0.4 is 10.1 Å². The topological polar surface area (TPSA) is 47.6 Å². The van der Waals surface area contributed by atoms with E-state index in [-0.39, 0.29) is 11.8 Å². The van der Waals surface area contributed by atoms with E-state index in [1.807, 2.05) is 36.0 Å². The van der Waals surface area contributed by atoms with Crippen LogP contribution in [-0.4, -0.2) is 50.2 Å². The number of ether oxygens (including phenoxy) is 2. The van der Waals surface area contributed by atoms with Gasteiger partial charge in [0.05, 0.1) is 18.2 Å². The zero-order valence-corrected chi connectivity index (χ0v) is 11.9. The number of thioether (sulfide) groups is 1. The largest absolute Gasteiger partial charge is 0.490 e. The number of Topliss-reactive ketones (excluding diaryl/α,β-unsaturated/α-hetero) is 1. The second-order valence-corrected chi connectivity index (χ2v) is 5.43. The Morgan fingerprint density at radius 3 is 3.00 bits per heavy atom. The van der Waals surface area contributed by atoms with Crippen molar-refractivity contribution in [2.24, 2.45) is 0 Å². The molecule has 19 heavy (non-hydrogen) atoms. The summed E-state index contributed by atoms with van der Waals surface area (Å²) in [4.78, 5) is 12.5. The summed E-state index contributed by atoms with van der Waals surface area (Å²) in [5.74, 6) is 2.64. The summed E-state index contributed by atoms with van der Waals surface area (Å²) in [6.07, 6.45) is 0. The molecule has 1 unspecified atom stereocenters. The Morgan fingerprint density at radius 2 is 2.26 bits per heavy atom. The van der Waals surface area contributed by atoms with Gasteiger partial charge in [0, 0.05) is 25.2 Å². The number of rotatable bonds is 6. The van der Waals surface area contributed by atoms with Gasteiger partial charge >= 0.3 is 0 Å². The lowest BCUT2D eigenvalue weighted by Crippen LogP contribution is -2.43. The SMILES string of the molecule is COCCOc1ccccc1C(=O)C1CSCCN1. The molecule has 1 aliphatic heterocycles. The number of nitrogens with one attached hydrogen (secondary N) is 1. The fourth-order valence-corrected chi connectivity index (χ4v) is 2.89. The van der Waals surface area contributed by atoms with Gasteiger partial charge in [-0.05, 0) is 12.1 Å². The highest BCUT2D eigenvalue weighted by atomic mass is 32.2. The lowest BCUT2D eigenvalue weighted by molar-refractivity contribution is 0.0945. The molecule has 1 saturated heterocycles. The first-order valence-electron chi connectivity index (χ1n) is 6.39. The van der Waals surface area contributed by atoms with E-state index in [0.29, 0.717) is 24.5 Å². The molecule has 4 nitrogen and oxygen atoms in total. The molecule has 1 atom stereocenters. The molecule has 2 rings (SSSR count). The molecule has 0 spiro atoms. The van der Waals surface area contributed by atoms with E-state index in [1.54, 1.807) is 7.11 Å². The van der Waals surface area contributed by atoms with E-state index in [4.69, 9.17) is 9.47 Å². The lowest BCUT2D eigenvalue weighted by Gasteiger charge is -2.22. The molecule has 1 N–H and O–H groups in total. The maximum atomic E-state index is 12.5. The number of carbonyl (C=O) groups excluding carboxylic acids is 1. The first-order chi connectivity index (χ1) is 9.33. The van der Waals surface area contributed by atoms with Crippen LogP contribution >= 0.6 is 11.8 Å². The van der Waals surface area contributed by atoms with E-state index in [1.165, 1.54) is 0 Å². The molecule has 0 aromatic heterocycles. The number of methoxy groups -OCH3 is 1. The van der Waals surface area contributed by atoms with Gasteiger partial charge in [-0.1, -0.05) is 12.1 Å². The van der Waals surface area contributed by atoms with Crippen molar-refractivity contribution in [1.82, 2.24) is 5.32 Å². The van der Waals surface area contributed by atoms with Crippen molar-refractivity contribution in [3.8, 4) is 5.75 Å².